The van der Waals surface area contributed by atoms with E-state index in [0.717, 1.165) is 10.6 Å². The number of hydrogen-bond donors (Lipinski definition) is 1. The molecule has 0 amide bonds. The molecule has 0 aliphatic heterocycles. The van der Waals surface area contributed by atoms with Crippen LogP contribution in [0.3, 0.4) is 0 Å². The van der Waals surface area contributed by atoms with Gasteiger partial charge in [0.25, 0.3) is 0 Å². The second kappa shape index (κ2) is 6.03. The summed E-state index contributed by atoms with van der Waals surface area (Å²) in [6.07, 6.45) is 0. The molecule has 1 nitrogen and oxygen atoms in total. The Hall–Kier alpha value is -1.06. The van der Waals surface area contributed by atoms with Crippen molar-refractivity contribution in [3.8, 4) is 5.75 Å². The highest BCUT2D eigenvalue weighted by atomic mass is 32.2. The Morgan fingerprint density at radius 3 is 2.00 bits per heavy atom. The molecule has 0 N–H and O–H groups in total. The molecular formula is C14H14OS2. The van der Waals surface area contributed by atoms with Gasteiger partial charge in [-0.25, -0.2) is 0 Å². The van der Waals surface area contributed by atoms with Crippen LogP contribution >= 0.6 is 24.4 Å². The lowest BCUT2D eigenvalue weighted by molar-refractivity contribution is 0.340. The zero-order valence-electron chi connectivity index (χ0n) is 9.59. The van der Waals surface area contributed by atoms with Crippen LogP contribution in [0.25, 0.3) is 0 Å². The first kappa shape index (κ1) is 12.4. The van der Waals surface area contributed by atoms with Crippen LogP contribution < -0.4 is 4.74 Å². The van der Waals surface area contributed by atoms with Gasteiger partial charge in [-0.1, -0.05) is 11.8 Å². The molecule has 0 radical (unpaired) electrons. The first-order valence-corrected chi connectivity index (χ1v) is 6.74. The minimum absolute atomic E-state index is 0.704. The predicted molar refractivity (Wildman–Crippen MR) is 75.4 cm³/mol. The van der Waals surface area contributed by atoms with Crippen molar-refractivity contribution in [3.05, 3.63) is 48.5 Å². The highest BCUT2D eigenvalue weighted by Crippen LogP contribution is 2.29. The van der Waals surface area contributed by atoms with Crippen molar-refractivity contribution in [1.82, 2.24) is 0 Å². The molecule has 0 fully saturated rings. The topological polar surface area (TPSA) is 9.23 Å². The van der Waals surface area contributed by atoms with Gasteiger partial charge < -0.3 is 4.74 Å². The molecule has 88 valence electrons. The van der Waals surface area contributed by atoms with E-state index in [1.54, 1.807) is 11.8 Å². The molecule has 0 atom stereocenters. The van der Waals surface area contributed by atoms with Crippen LogP contribution in [-0.2, 0) is 0 Å². The highest BCUT2D eigenvalue weighted by molar-refractivity contribution is 7.99. The smallest absolute Gasteiger partial charge is 0.119 e. The van der Waals surface area contributed by atoms with Gasteiger partial charge in [-0.2, -0.15) is 0 Å². The first-order chi connectivity index (χ1) is 8.28. The maximum atomic E-state index is 5.41. The van der Waals surface area contributed by atoms with E-state index in [0.29, 0.717) is 6.61 Å². The van der Waals surface area contributed by atoms with Crippen LogP contribution in [0.4, 0.5) is 0 Å². The van der Waals surface area contributed by atoms with E-state index >= 15 is 0 Å². The van der Waals surface area contributed by atoms with Crippen molar-refractivity contribution >= 4 is 24.4 Å². The van der Waals surface area contributed by atoms with E-state index in [4.69, 9.17) is 4.74 Å². The van der Waals surface area contributed by atoms with Crippen LogP contribution in [0.15, 0.2) is 63.2 Å². The second-order valence-electron chi connectivity index (χ2n) is 3.50. The van der Waals surface area contributed by atoms with Crippen molar-refractivity contribution in [1.29, 1.82) is 0 Å². The molecule has 0 saturated heterocycles. The average Bonchev–Trinajstić information content (AvgIpc) is 2.35. The van der Waals surface area contributed by atoms with Gasteiger partial charge in [-0.15, -0.1) is 12.6 Å². The number of thiol groups is 1. The molecule has 0 unspecified atom stereocenters. The van der Waals surface area contributed by atoms with Gasteiger partial charge in [0.05, 0.1) is 6.61 Å². The molecule has 2 rings (SSSR count). The third-order valence-corrected chi connectivity index (χ3v) is 3.52. The Morgan fingerprint density at radius 2 is 1.47 bits per heavy atom. The summed E-state index contributed by atoms with van der Waals surface area (Å²) in [7, 11) is 0. The molecular weight excluding hydrogens is 248 g/mol. The molecule has 0 heterocycles. The van der Waals surface area contributed by atoms with Gasteiger partial charge in [0.15, 0.2) is 0 Å². The highest BCUT2D eigenvalue weighted by Gasteiger charge is 1.98. The standard InChI is InChI=1S/C14H14OS2/c1-2-15-11-3-7-13(8-4-11)17-14-9-5-12(16)6-10-14/h3-10,16H,2H2,1H3. The Bertz CT molecular complexity index is 463. The molecule has 3 heteroatoms. The summed E-state index contributed by atoms with van der Waals surface area (Å²) in [5, 5.41) is 0. The fraction of sp³-hybridized carbons (Fsp3) is 0.143. The zero-order valence-corrected chi connectivity index (χ0v) is 11.3. The molecule has 0 spiro atoms. The maximum Gasteiger partial charge on any atom is 0.119 e. The molecule has 0 saturated carbocycles. The summed E-state index contributed by atoms with van der Waals surface area (Å²) < 4.78 is 5.41. The summed E-state index contributed by atoms with van der Waals surface area (Å²) in [4.78, 5) is 3.41. The van der Waals surface area contributed by atoms with Crippen LogP contribution in [0.1, 0.15) is 6.92 Å². The Morgan fingerprint density at radius 1 is 0.941 bits per heavy atom. The van der Waals surface area contributed by atoms with E-state index in [1.165, 1.54) is 9.79 Å². The summed E-state index contributed by atoms with van der Waals surface area (Å²) in [6, 6.07) is 16.3. The molecule has 2 aromatic rings. The molecule has 0 bridgehead atoms. The number of hydrogen-bond acceptors (Lipinski definition) is 3. The fourth-order valence-electron chi connectivity index (χ4n) is 1.42. The monoisotopic (exact) mass is 262 g/mol. The van der Waals surface area contributed by atoms with E-state index in [1.807, 2.05) is 31.2 Å². The lowest BCUT2D eigenvalue weighted by Gasteiger charge is -2.05. The Balaban J connectivity index is 2.05. The predicted octanol–water partition coefficient (Wildman–Crippen LogP) is 4.53. The van der Waals surface area contributed by atoms with Crippen LogP contribution in [0.5, 0.6) is 5.75 Å². The maximum absolute atomic E-state index is 5.41. The third kappa shape index (κ3) is 3.72. The number of benzene rings is 2. The molecule has 0 aromatic heterocycles. The fourth-order valence-corrected chi connectivity index (χ4v) is 2.39. The van der Waals surface area contributed by atoms with Gasteiger partial charge in [0.1, 0.15) is 5.75 Å². The minimum Gasteiger partial charge on any atom is -0.494 e. The summed E-state index contributed by atoms with van der Waals surface area (Å²) >= 11 is 6.00. The third-order valence-electron chi connectivity index (χ3n) is 2.21. The quantitative estimate of drug-likeness (QED) is 0.811. The van der Waals surface area contributed by atoms with E-state index in [9.17, 15) is 0 Å². The van der Waals surface area contributed by atoms with Crippen molar-refractivity contribution in [3.63, 3.8) is 0 Å². The van der Waals surface area contributed by atoms with Gasteiger partial charge in [0, 0.05) is 14.7 Å². The van der Waals surface area contributed by atoms with Gasteiger partial charge >= 0.3 is 0 Å². The van der Waals surface area contributed by atoms with E-state index < -0.39 is 0 Å². The molecule has 2 aromatic carbocycles. The first-order valence-electron chi connectivity index (χ1n) is 5.47. The molecule has 0 aliphatic rings. The largest absolute Gasteiger partial charge is 0.494 e. The summed E-state index contributed by atoms with van der Waals surface area (Å²) in [5.74, 6) is 0.919. The van der Waals surface area contributed by atoms with E-state index in [2.05, 4.69) is 36.9 Å². The Kier molecular flexibility index (Phi) is 4.40. The van der Waals surface area contributed by atoms with Crippen LogP contribution in [-0.4, -0.2) is 6.61 Å². The zero-order chi connectivity index (χ0) is 12.1. The summed E-state index contributed by atoms with van der Waals surface area (Å²) in [5.41, 5.74) is 0. The summed E-state index contributed by atoms with van der Waals surface area (Å²) in [6.45, 7) is 2.69. The van der Waals surface area contributed by atoms with Gasteiger partial charge in [0.2, 0.25) is 0 Å². The van der Waals surface area contributed by atoms with Crippen LogP contribution in [0, 0.1) is 0 Å². The SMILES string of the molecule is CCOc1ccc(Sc2ccc(S)cc2)cc1. The van der Waals surface area contributed by atoms with E-state index in [-0.39, 0.29) is 0 Å². The van der Waals surface area contributed by atoms with Gasteiger partial charge in [-0.05, 0) is 55.5 Å². The van der Waals surface area contributed by atoms with Crippen molar-refractivity contribution in [2.45, 2.75) is 21.6 Å². The van der Waals surface area contributed by atoms with Crippen molar-refractivity contribution < 1.29 is 4.74 Å². The Labute approximate surface area is 112 Å². The molecule has 17 heavy (non-hydrogen) atoms. The second-order valence-corrected chi connectivity index (χ2v) is 5.16. The van der Waals surface area contributed by atoms with Crippen molar-refractivity contribution in [2.75, 3.05) is 6.61 Å². The van der Waals surface area contributed by atoms with Crippen molar-refractivity contribution in [2.24, 2.45) is 0 Å². The molecule has 0 aliphatic carbocycles. The minimum atomic E-state index is 0.704. The normalized spacial score (nSPS) is 10.2. The lowest BCUT2D eigenvalue weighted by atomic mass is 10.3. The average molecular weight is 262 g/mol. The van der Waals surface area contributed by atoms with Gasteiger partial charge in [-0.3, -0.25) is 0 Å². The lowest BCUT2D eigenvalue weighted by Crippen LogP contribution is -1.90. The number of ether oxygens (including phenoxy) is 1. The van der Waals surface area contributed by atoms with Crippen LogP contribution in [0.2, 0.25) is 0 Å². The number of rotatable bonds is 4.